The zero-order valence-corrected chi connectivity index (χ0v) is 10.4. The molecule has 18 heavy (non-hydrogen) atoms. The third kappa shape index (κ3) is 4.05. The van der Waals surface area contributed by atoms with Gasteiger partial charge in [-0.1, -0.05) is 11.6 Å². The summed E-state index contributed by atoms with van der Waals surface area (Å²) in [7, 11) is 0. The standard InChI is InChI=1S/C12H9ClO5/c1-7(15)17-10-3-9(12(13)6-14)4-11(5-10)18-8(2)16/h3-5H,1-2H3. The molecule has 0 N–H and O–H groups in total. The summed E-state index contributed by atoms with van der Waals surface area (Å²) in [5.41, 5.74) is 0.238. The SMILES string of the molecule is CC(=O)Oc1cc(OC(C)=O)cc(C(Cl)=C=O)c1. The minimum absolute atomic E-state index is 0.115. The fourth-order valence-corrected chi connectivity index (χ4v) is 1.32. The van der Waals surface area contributed by atoms with Gasteiger partial charge in [-0.15, -0.1) is 0 Å². The molecule has 0 aromatic heterocycles. The Bertz CT molecular complexity index is 509. The predicted octanol–water partition coefficient (Wildman–Crippen LogP) is 1.95. The number of hydrogen-bond donors (Lipinski definition) is 0. The van der Waals surface area contributed by atoms with E-state index in [0.29, 0.717) is 0 Å². The lowest BCUT2D eigenvalue weighted by atomic mass is 10.2. The van der Waals surface area contributed by atoms with Crippen LogP contribution in [-0.2, 0) is 14.4 Å². The average molecular weight is 269 g/mol. The molecule has 0 aliphatic carbocycles. The Morgan fingerprint density at radius 1 is 1.06 bits per heavy atom. The van der Waals surface area contributed by atoms with E-state index in [1.165, 1.54) is 38.0 Å². The topological polar surface area (TPSA) is 69.7 Å². The molecule has 0 saturated heterocycles. The molecule has 0 unspecified atom stereocenters. The first kappa shape index (κ1) is 14.0. The second-order valence-corrected chi connectivity index (χ2v) is 3.67. The van der Waals surface area contributed by atoms with Gasteiger partial charge in [-0.25, -0.2) is 4.79 Å². The van der Waals surface area contributed by atoms with Crippen molar-refractivity contribution in [1.29, 1.82) is 0 Å². The largest absolute Gasteiger partial charge is 0.427 e. The Kier molecular flexibility index (Phi) is 4.66. The van der Waals surface area contributed by atoms with Gasteiger partial charge in [0.1, 0.15) is 22.5 Å². The van der Waals surface area contributed by atoms with E-state index in [4.69, 9.17) is 21.1 Å². The van der Waals surface area contributed by atoms with Crippen LogP contribution in [-0.4, -0.2) is 17.9 Å². The molecular weight excluding hydrogens is 260 g/mol. The fourth-order valence-electron chi connectivity index (χ4n) is 1.21. The molecule has 1 aromatic rings. The number of esters is 2. The van der Waals surface area contributed by atoms with Gasteiger partial charge >= 0.3 is 11.9 Å². The van der Waals surface area contributed by atoms with E-state index in [0.717, 1.165) is 0 Å². The summed E-state index contributed by atoms with van der Waals surface area (Å²) in [5, 5.41) is -0.211. The molecule has 0 amide bonds. The Morgan fingerprint density at radius 3 is 1.83 bits per heavy atom. The van der Waals surface area contributed by atoms with Gasteiger partial charge in [-0.2, -0.15) is 0 Å². The van der Waals surface area contributed by atoms with Crippen LogP contribution in [0.3, 0.4) is 0 Å². The molecule has 0 bridgehead atoms. The van der Waals surface area contributed by atoms with E-state index in [9.17, 15) is 14.4 Å². The third-order valence-electron chi connectivity index (χ3n) is 1.75. The van der Waals surface area contributed by atoms with Crippen molar-refractivity contribution in [3.8, 4) is 11.5 Å². The lowest BCUT2D eigenvalue weighted by molar-refractivity contribution is -0.132. The molecule has 0 aliphatic heterocycles. The summed E-state index contributed by atoms with van der Waals surface area (Å²) >= 11 is 5.62. The molecule has 94 valence electrons. The minimum atomic E-state index is -0.549. The summed E-state index contributed by atoms with van der Waals surface area (Å²) in [6.07, 6.45) is 0. The maximum Gasteiger partial charge on any atom is 0.308 e. The molecule has 0 spiro atoms. The number of benzene rings is 1. The van der Waals surface area contributed by atoms with Crippen LogP contribution in [0.4, 0.5) is 0 Å². The van der Waals surface area contributed by atoms with Gasteiger partial charge < -0.3 is 9.47 Å². The summed E-state index contributed by atoms with van der Waals surface area (Å²) in [6, 6.07) is 4.06. The molecular formula is C12H9ClO5. The second-order valence-electron chi connectivity index (χ2n) is 3.30. The van der Waals surface area contributed by atoms with Crippen molar-refractivity contribution in [2.24, 2.45) is 0 Å². The van der Waals surface area contributed by atoms with Crippen molar-refractivity contribution in [3.05, 3.63) is 23.8 Å². The van der Waals surface area contributed by atoms with E-state index in [1.54, 1.807) is 0 Å². The highest BCUT2D eigenvalue weighted by Gasteiger charge is 2.09. The van der Waals surface area contributed by atoms with Crippen molar-refractivity contribution < 1.29 is 23.9 Å². The minimum Gasteiger partial charge on any atom is -0.427 e. The zero-order valence-electron chi connectivity index (χ0n) is 9.65. The Balaban J connectivity index is 3.23. The summed E-state index contributed by atoms with van der Waals surface area (Å²) in [4.78, 5) is 32.2. The van der Waals surface area contributed by atoms with Crippen molar-refractivity contribution in [2.75, 3.05) is 0 Å². The molecule has 0 saturated carbocycles. The Labute approximate surface area is 108 Å². The van der Waals surface area contributed by atoms with E-state index in [-0.39, 0.29) is 22.1 Å². The number of carbonyl (C=O) groups is 2. The molecule has 5 nitrogen and oxygen atoms in total. The first-order valence-electron chi connectivity index (χ1n) is 4.85. The Morgan fingerprint density at radius 2 is 1.50 bits per heavy atom. The monoisotopic (exact) mass is 268 g/mol. The van der Waals surface area contributed by atoms with Crippen LogP contribution in [0.1, 0.15) is 19.4 Å². The van der Waals surface area contributed by atoms with Gasteiger partial charge in [0.25, 0.3) is 0 Å². The Hall–Kier alpha value is -2.10. The van der Waals surface area contributed by atoms with Gasteiger partial charge in [0.05, 0.1) is 0 Å². The van der Waals surface area contributed by atoms with E-state index in [1.807, 2.05) is 0 Å². The van der Waals surface area contributed by atoms with E-state index in [2.05, 4.69) is 0 Å². The molecule has 1 aromatic carbocycles. The zero-order chi connectivity index (χ0) is 13.7. The number of ether oxygens (including phenoxy) is 2. The number of hydrogen-bond acceptors (Lipinski definition) is 5. The van der Waals surface area contributed by atoms with Crippen LogP contribution < -0.4 is 9.47 Å². The highest BCUT2D eigenvalue weighted by atomic mass is 35.5. The molecule has 1 rings (SSSR count). The number of halogens is 1. The van der Waals surface area contributed by atoms with Gasteiger partial charge in [0.2, 0.25) is 0 Å². The lowest BCUT2D eigenvalue weighted by Gasteiger charge is -2.07. The van der Waals surface area contributed by atoms with Crippen molar-refractivity contribution in [3.63, 3.8) is 0 Å². The smallest absolute Gasteiger partial charge is 0.308 e. The fraction of sp³-hybridized carbons (Fsp3) is 0.167. The van der Waals surface area contributed by atoms with Crippen LogP contribution in [0.25, 0.3) is 5.03 Å². The molecule has 0 radical (unpaired) electrons. The average Bonchev–Trinajstić information content (AvgIpc) is 2.25. The summed E-state index contributed by atoms with van der Waals surface area (Å²) in [6.45, 7) is 2.44. The van der Waals surface area contributed by atoms with Crippen molar-refractivity contribution in [2.45, 2.75) is 13.8 Å². The van der Waals surface area contributed by atoms with Crippen LogP contribution in [0.2, 0.25) is 0 Å². The highest BCUT2D eigenvalue weighted by molar-refractivity contribution is 6.53. The molecule has 0 fully saturated rings. The van der Waals surface area contributed by atoms with Crippen LogP contribution in [0, 0.1) is 0 Å². The van der Waals surface area contributed by atoms with Gasteiger partial charge in [0, 0.05) is 25.5 Å². The van der Waals surface area contributed by atoms with Crippen molar-refractivity contribution >= 4 is 34.5 Å². The highest BCUT2D eigenvalue weighted by Crippen LogP contribution is 2.28. The second kappa shape index (κ2) is 6.00. The van der Waals surface area contributed by atoms with Gasteiger partial charge in [-0.05, 0) is 12.1 Å². The van der Waals surface area contributed by atoms with Crippen molar-refractivity contribution in [1.82, 2.24) is 0 Å². The maximum atomic E-state index is 10.9. The van der Waals surface area contributed by atoms with Crippen LogP contribution in [0.5, 0.6) is 11.5 Å². The van der Waals surface area contributed by atoms with Gasteiger partial charge in [0.15, 0.2) is 0 Å². The van der Waals surface area contributed by atoms with Crippen LogP contribution in [0.15, 0.2) is 18.2 Å². The predicted molar refractivity (Wildman–Crippen MR) is 64.0 cm³/mol. The third-order valence-corrected chi connectivity index (χ3v) is 2.04. The molecule has 0 heterocycles. The van der Waals surface area contributed by atoms with E-state index < -0.39 is 11.9 Å². The molecule has 6 heteroatoms. The van der Waals surface area contributed by atoms with Crippen LogP contribution >= 0.6 is 11.6 Å². The van der Waals surface area contributed by atoms with E-state index >= 15 is 0 Å². The maximum absolute atomic E-state index is 10.9. The molecule has 0 aliphatic rings. The first-order chi connectivity index (χ1) is 8.42. The normalized spacial score (nSPS) is 9.28. The summed E-state index contributed by atoms with van der Waals surface area (Å²) in [5.74, 6) is 0.626. The molecule has 0 atom stereocenters. The first-order valence-corrected chi connectivity index (χ1v) is 5.23. The number of carbonyl (C=O) groups excluding carboxylic acids is 3. The number of rotatable bonds is 3. The lowest BCUT2D eigenvalue weighted by Crippen LogP contribution is -2.04. The summed E-state index contributed by atoms with van der Waals surface area (Å²) < 4.78 is 9.68. The quantitative estimate of drug-likeness (QED) is 0.476. The van der Waals surface area contributed by atoms with Gasteiger partial charge in [-0.3, -0.25) is 9.59 Å².